The highest BCUT2D eigenvalue weighted by Crippen LogP contribution is 2.10. The van der Waals surface area contributed by atoms with Gasteiger partial charge in [0.1, 0.15) is 5.78 Å². The van der Waals surface area contributed by atoms with Crippen molar-refractivity contribution in [2.75, 3.05) is 33.2 Å². The van der Waals surface area contributed by atoms with E-state index in [1.54, 1.807) is 6.92 Å². The molecule has 16 heavy (non-hydrogen) atoms. The van der Waals surface area contributed by atoms with Crippen molar-refractivity contribution in [3.8, 4) is 0 Å². The summed E-state index contributed by atoms with van der Waals surface area (Å²) >= 11 is 0. The summed E-state index contributed by atoms with van der Waals surface area (Å²) in [7, 11) is 2.20. The molecule has 3 nitrogen and oxygen atoms in total. The van der Waals surface area contributed by atoms with E-state index in [4.69, 9.17) is 0 Å². The molecule has 1 atom stereocenters. The zero-order valence-electron chi connectivity index (χ0n) is 11.0. The number of carbonyl (C=O) groups excluding carboxylic acids is 1. The van der Waals surface area contributed by atoms with Gasteiger partial charge < -0.3 is 9.69 Å². The SMILES string of the molecule is CC(=O)CCCCN1CCCN(C)CC1C. The molecule has 0 bridgehead atoms. The number of hydrogen-bond acceptors (Lipinski definition) is 3. The second kappa shape index (κ2) is 7.02. The quantitative estimate of drug-likeness (QED) is 0.668. The topological polar surface area (TPSA) is 23.6 Å². The Morgan fingerprint density at radius 3 is 2.75 bits per heavy atom. The Kier molecular flexibility index (Phi) is 5.99. The average molecular weight is 226 g/mol. The molecule has 1 aliphatic heterocycles. The van der Waals surface area contributed by atoms with Crippen LogP contribution in [-0.2, 0) is 4.79 Å². The Bertz CT molecular complexity index is 218. The van der Waals surface area contributed by atoms with Gasteiger partial charge in [0.2, 0.25) is 0 Å². The van der Waals surface area contributed by atoms with Crippen LogP contribution in [0.5, 0.6) is 0 Å². The minimum atomic E-state index is 0.323. The van der Waals surface area contributed by atoms with Crippen molar-refractivity contribution in [3.63, 3.8) is 0 Å². The summed E-state index contributed by atoms with van der Waals surface area (Å²) in [5.41, 5.74) is 0. The molecule has 0 aromatic rings. The number of nitrogens with zero attached hydrogens (tertiary/aromatic N) is 2. The maximum absolute atomic E-state index is 10.8. The lowest BCUT2D eigenvalue weighted by Crippen LogP contribution is -2.38. The van der Waals surface area contributed by atoms with Crippen molar-refractivity contribution in [1.29, 1.82) is 0 Å². The molecule has 0 aromatic carbocycles. The summed E-state index contributed by atoms with van der Waals surface area (Å²) in [5.74, 6) is 0.323. The standard InChI is InChI=1S/C13H26N2O/c1-12-11-14(3)8-6-10-15(12)9-5-4-7-13(2)16/h12H,4-11H2,1-3H3. The van der Waals surface area contributed by atoms with Crippen LogP contribution in [-0.4, -0.2) is 54.9 Å². The molecule has 1 heterocycles. The predicted molar refractivity (Wildman–Crippen MR) is 67.7 cm³/mol. The van der Waals surface area contributed by atoms with Crippen LogP contribution in [0.1, 0.15) is 39.5 Å². The van der Waals surface area contributed by atoms with Crippen LogP contribution < -0.4 is 0 Å². The minimum Gasteiger partial charge on any atom is -0.305 e. The summed E-state index contributed by atoms with van der Waals surface area (Å²) in [6.45, 7) is 8.76. The highest BCUT2D eigenvalue weighted by molar-refractivity contribution is 5.75. The van der Waals surface area contributed by atoms with E-state index in [1.807, 2.05) is 0 Å². The maximum atomic E-state index is 10.8. The molecule has 1 saturated heterocycles. The fourth-order valence-corrected chi connectivity index (χ4v) is 2.44. The lowest BCUT2D eigenvalue weighted by atomic mass is 10.1. The predicted octanol–water partition coefficient (Wildman–Crippen LogP) is 1.77. The third-order valence-electron chi connectivity index (χ3n) is 3.41. The first-order valence-corrected chi connectivity index (χ1v) is 6.51. The number of hydrogen-bond donors (Lipinski definition) is 0. The second-order valence-electron chi connectivity index (χ2n) is 5.16. The van der Waals surface area contributed by atoms with Crippen LogP contribution in [0.15, 0.2) is 0 Å². The fraction of sp³-hybridized carbons (Fsp3) is 0.923. The molecule has 1 unspecified atom stereocenters. The molecule has 0 N–H and O–H groups in total. The molecule has 1 rings (SSSR count). The fourth-order valence-electron chi connectivity index (χ4n) is 2.44. The monoisotopic (exact) mass is 226 g/mol. The molecule has 94 valence electrons. The number of unbranched alkanes of at least 4 members (excludes halogenated alkanes) is 1. The van der Waals surface area contributed by atoms with Crippen LogP contribution in [0.2, 0.25) is 0 Å². The van der Waals surface area contributed by atoms with Gasteiger partial charge in [-0.3, -0.25) is 4.90 Å². The van der Waals surface area contributed by atoms with E-state index < -0.39 is 0 Å². The van der Waals surface area contributed by atoms with Crippen molar-refractivity contribution in [2.45, 2.75) is 45.6 Å². The van der Waals surface area contributed by atoms with Gasteiger partial charge in [-0.15, -0.1) is 0 Å². The van der Waals surface area contributed by atoms with Crippen molar-refractivity contribution in [1.82, 2.24) is 9.80 Å². The molecule has 0 aromatic heterocycles. The van der Waals surface area contributed by atoms with Crippen LogP contribution in [0.4, 0.5) is 0 Å². The summed E-state index contributed by atoms with van der Waals surface area (Å²) in [4.78, 5) is 15.8. The van der Waals surface area contributed by atoms with Crippen molar-refractivity contribution >= 4 is 5.78 Å². The van der Waals surface area contributed by atoms with E-state index in [1.165, 1.54) is 26.1 Å². The van der Waals surface area contributed by atoms with Crippen LogP contribution in [0, 0.1) is 0 Å². The third-order valence-corrected chi connectivity index (χ3v) is 3.41. The molecule has 0 aliphatic carbocycles. The first kappa shape index (κ1) is 13.7. The van der Waals surface area contributed by atoms with Crippen LogP contribution in [0.3, 0.4) is 0 Å². The van der Waals surface area contributed by atoms with Gasteiger partial charge in [0.25, 0.3) is 0 Å². The van der Waals surface area contributed by atoms with Crippen molar-refractivity contribution in [3.05, 3.63) is 0 Å². The van der Waals surface area contributed by atoms with Gasteiger partial charge in [-0.2, -0.15) is 0 Å². The molecule has 1 aliphatic rings. The molecular weight excluding hydrogens is 200 g/mol. The van der Waals surface area contributed by atoms with Gasteiger partial charge in [-0.25, -0.2) is 0 Å². The Balaban J connectivity index is 2.21. The zero-order valence-corrected chi connectivity index (χ0v) is 11.0. The summed E-state index contributed by atoms with van der Waals surface area (Å²) in [6.07, 6.45) is 4.23. The van der Waals surface area contributed by atoms with Gasteiger partial charge in [0, 0.05) is 19.0 Å². The van der Waals surface area contributed by atoms with Gasteiger partial charge in [0.15, 0.2) is 0 Å². The van der Waals surface area contributed by atoms with E-state index in [2.05, 4.69) is 23.8 Å². The Morgan fingerprint density at radius 2 is 2.06 bits per heavy atom. The number of carbonyl (C=O) groups is 1. The highest BCUT2D eigenvalue weighted by Gasteiger charge is 2.18. The minimum absolute atomic E-state index is 0.323. The molecule has 0 spiro atoms. The largest absolute Gasteiger partial charge is 0.305 e. The molecule has 3 heteroatoms. The molecule has 1 fully saturated rings. The lowest BCUT2D eigenvalue weighted by Gasteiger charge is -2.27. The Morgan fingerprint density at radius 1 is 1.31 bits per heavy atom. The van der Waals surface area contributed by atoms with Crippen molar-refractivity contribution in [2.24, 2.45) is 0 Å². The highest BCUT2D eigenvalue weighted by atomic mass is 16.1. The summed E-state index contributed by atoms with van der Waals surface area (Å²) in [5, 5.41) is 0. The summed E-state index contributed by atoms with van der Waals surface area (Å²) < 4.78 is 0. The van der Waals surface area contributed by atoms with E-state index in [-0.39, 0.29) is 0 Å². The second-order valence-corrected chi connectivity index (χ2v) is 5.16. The van der Waals surface area contributed by atoms with Gasteiger partial charge >= 0.3 is 0 Å². The van der Waals surface area contributed by atoms with Gasteiger partial charge in [0.05, 0.1) is 0 Å². The van der Waals surface area contributed by atoms with Crippen LogP contribution >= 0.6 is 0 Å². The van der Waals surface area contributed by atoms with E-state index in [0.29, 0.717) is 11.8 Å². The molecule has 0 saturated carbocycles. The van der Waals surface area contributed by atoms with Gasteiger partial charge in [-0.05, 0) is 59.8 Å². The Hall–Kier alpha value is -0.410. The molecule has 0 amide bonds. The normalized spacial score (nSPS) is 24.3. The Labute approximate surface area is 99.8 Å². The number of likely N-dealkylation sites (N-methyl/N-ethyl adjacent to an activating group) is 1. The van der Waals surface area contributed by atoms with E-state index in [0.717, 1.165) is 25.8 Å². The average Bonchev–Trinajstić information content (AvgIpc) is 2.35. The number of rotatable bonds is 5. The van der Waals surface area contributed by atoms with E-state index in [9.17, 15) is 4.79 Å². The summed E-state index contributed by atoms with van der Waals surface area (Å²) in [6, 6.07) is 0.657. The van der Waals surface area contributed by atoms with Crippen LogP contribution in [0.25, 0.3) is 0 Å². The number of ketones is 1. The third kappa shape index (κ3) is 5.08. The first-order valence-electron chi connectivity index (χ1n) is 6.51. The molecular formula is C13H26N2O. The molecule has 0 radical (unpaired) electrons. The smallest absolute Gasteiger partial charge is 0.129 e. The first-order chi connectivity index (χ1) is 7.59. The zero-order chi connectivity index (χ0) is 12.0. The maximum Gasteiger partial charge on any atom is 0.129 e. The van der Waals surface area contributed by atoms with Gasteiger partial charge in [-0.1, -0.05) is 0 Å². The van der Waals surface area contributed by atoms with E-state index >= 15 is 0 Å². The van der Waals surface area contributed by atoms with Crippen molar-refractivity contribution < 1.29 is 4.79 Å². The number of Topliss-reactive ketones (excluding diaryl/α,β-unsaturated/α-hetero) is 1. The lowest BCUT2D eigenvalue weighted by molar-refractivity contribution is -0.117.